The van der Waals surface area contributed by atoms with Crippen molar-refractivity contribution in [3.05, 3.63) is 50.3 Å². The van der Waals surface area contributed by atoms with Gasteiger partial charge in [0.2, 0.25) is 0 Å². The molecule has 1 heterocycles. The number of thiophene rings is 1. The fourth-order valence-corrected chi connectivity index (χ4v) is 4.61. The molecule has 3 rings (SSSR count). The molecule has 0 unspecified atom stereocenters. The van der Waals surface area contributed by atoms with Crippen molar-refractivity contribution in [1.29, 1.82) is 5.26 Å². The summed E-state index contributed by atoms with van der Waals surface area (Å²) in [5.74, 6) is -0.284. The fourth-order valence-electron chi connectivity index (χ4n) is 2.71. The maximum Gasteiger partial charge on any atom is 0.257 e. The Kier molecular flexibility index (Phi) is 5.29. The maximum atomic E-state index is 12.2. The van der Waals surface area contributed by atoms with E-state index in [1.54, 1.807) is 29.5 Å². The van der Waals surface area contributed by atoms with Crippen molar-refractivity contribution in [1.82, 2.24) is 5.32 Å². The number of nitriles is 1. The molecule has 1 aliphatic carbocycles. The Morgan fingerprint density at radius 3 is 2.88 bits per heavy atom. The molecule has 1 amide bonds. The minimum Gasteiger partial charge on any atom is -0.323 e. The van der Waals surface area contributed by atoms with E-state index in [9.17, 15) is 10.1 Å². The van der Waals surface area contributed by atoms with Gasteiger partial charge in [-0.05, 0) is 61.7 Å². The largest absolute Gasteiger partial charge is 0.323 e. The fraction of sp³-hybridized carbons (Fsp3) is 0.235. The summed E-state index contributed by atoms with van der Waals surface area (Å²) >= 11 is 10.1. The van der Waals surface area contributed by atoms with Crippen LogP contribution in [0.25, 0.3) is 0 Å². The number of fused-ring (bicyclic) bond motifs is 1. The summed E-state index contributed by atoms with van der Waals surface area (Å²) in [5.41, 5.74) is 2.31. The summed E-state index contributed by atoms with van der Waals surface area (Å²) in [5, 5.41) is 16.1. The summed E-state index contributed by atoms with van der Waals surface area (Å²) in [6.45, 7) is 0. The van der Waals surface area contributed by atoms with Crippen LogP contribution in [0, 0.1) is 11.3 Å². The zero-order valence-electron chi connectivity index (χ0n) is 12.7. The lowest BCUT2D eigenvalue weighted by Gasteiger charge is -2.10. The average Bonchev–Trinajstić information content (AvgIpc) is 2.91. The molecule has 24 heavy (non-hydrogen) atoms. The predicted molar refractivity (Wildman–Crippen MR) is 104 cm³/mol. The van der Waals surface area contributed by atoms with Gasteiger partial charge in [-0.3, -0.25) is 10.1 Å². The van der Waals surface area contributed by atoms with Crippen LogP contribution in [-0.2, 0) is 12.8 Å². The molecule has 0 aliphatic heterocycles. The highest BCUT2D eigenvalue weighted by Crippen LogP contribution is 2.37. The second-order valence-corrected chi connectivity index (χ2v) is 7.87. The van der Waals surface area contributed by atoms with Crippen molar-refractivity contribution in [3.63, 3.8) is 0 Å². The third-order valence-electron chi connectivity index (χ3n) is 3.82. The SMILES string of the molecule is N#Cc1c(NC(=S)NC(=O)c2cccc(Br)c2)sc2c1CCCC2. The van der Waals surface area contributed by atoms with Gasteiger partial charge in [-0.2, -0.15) is 5.26 Å². The van der Waals surface area contributed by atoms with Gasteiger partial charge in [0.05, 0.1) is 5.56 Å². The minimum absolute atomic E-state index is 0.204. The molecule has 2 aromatic rings. The average molecular weight is 420 g/mol. The van der Waals surface area contributed by atoms with Crippen molar-refractivity contribution in [3.8, 4) is 6.07 Å². The molecule has 1 aromatic carbocycles. The van der Waals surface area contributed by atoms with Gasteiger partial charge in [0.25, 0.3) is 5.91 Å². The Morgan fingerprint density at radius 2 is 2.12 bits per heavy atom. The van der Waals surface area contributed by atoms with Gasteiger partial charge < -0.3 is 5.32 Å². The number of nitrogens with zero attached hydrogens (tertiary/aromatic N) is 1. The molecule has 1 aromatic heterocycles. The van der Waals surface area contributed by atoms with Gasteiger partial charge in [-0.15, -0.1) is 11.3 Å². The molecule has 2 N–H and O–H groups in total. The van der Waals surface area contributed by atoms with Crippen LogP contribution in [0.5, 0.6) is 0 Å². The summed E-state index contributed by atoms with van der Waals surface area (Å²) in [6, 6.07) is 9.35. The molecule has 0 bridgehead atoms. The zero-order chi connectivity index (χ0) is 17.1. The molecular formula is C17H14BrN3OS2. The first-order chi connectivity index (χ1) is 11.6. The molecule has 0 fully saturated rings. The Hall–Kier alpha value is -1.75. The highest BCUT2D eigenvalue weighted by atomic mass is 79.9. The molecule has 0 saturated carbocycles. The molecule has 0 spiro atoms. The van der Waals surface area contributed by atoms with E-state index in [4.69, 9.17) is 12.2 Å². The Balaban J connectivity index is 1.72. The molecule has 4 nitrogen and oxygen atoms in total. The number of benzene rings is 1. The van der Waals surface area contributed by atoms with Crippen LogP contribution in [-0.4, -0.2) is 11.0 Å². The second-order valence-electron chi connectivity index (χ2n) is 5.45. The molecule has 0 saturated heterocycles. The first-order valence-electron chi connectivity index (χ1n) is 7.51. The van der Waals surface area contributed by atoms with E-state index < -0.39 is 0 Å². The zero-order valence-corrected chi connectivity index (χ0v) is 15.9. The number of rotatable bonds is 2. The molecule has 0 radical (unpaired) electrons. The number of hydrogen-bond acceptors (Lipinski definition) is 4. The van der Waals surface area contributed by atoms with Crippen LogP contribution in [0.2, 0.25) is 0 Å². The number of halogens is 1. The summed E-state index contributed by atoms with van der Waals surface area (Å²) in [7, 11) is 0. The predicted octanol–water partition coefficient (Wildman–Crippen LogP) is 4.39. The van der Waals surface area contributed by atoms with E-state index >= 15 is 0 Å². The van der Waals surface area contributed by atoms with Gasteiger partial charge in [0.15, 0.2) is 5.11 Å². The maximum absolute atomic E-state index is 12.2. The molecule has 7 heteroatoms. The highest BCUT2D eigenvalue weighted by Gasteiger charge is 2.21. The van der Waals surface area contributed by atoms with E-state index in [0.717, 1.165) is 40.7 Å². The quantitative estimate of drug-likeness (QED) is 0.708. The Morgan fingerprint density at radius 1 is 1.33 bits per heavy atom. The van der Waals surface area contributed by atoms with Gasteiger partial charge in [0, 0.05) is 14.9 Å². The van der Waals surface area contributed by atoms with Crippen LogP contribution >= 0.6 is 39.5 Å². The normalized spacial score (nSPS) is 12.8. The standard InChI is InChI=1S/C17H14BrN3OS2/c18-11-5-3-4-10(8-11)15(22)20-17(23)21-16-13(9-19)12-6-1-2-7-14(12)24-16/h3-5,8H,1-2,6-7H2,(H2,20,21,22,23). The summed E-state index contributed by atoms with van der Waals surface area (Å²) in [4.78, 5) is 13.5. The Labute approximate surface area is 158 Å². The number of carbonyl (C=O) groups is 1. The van der Waals surface area contributed by atoms with E-state index in [1.165, 1.54) is 4.88 Å². The monoisotopic (exact) mass is 419 g/mol. The smallest absolute Gasteiger partial charge is 0.257 e. The molecule has 0 atom stereocenters. The third-order valence-corrected chi connectivity index (χ3v) is 5.73. The highest BCUT2D eigenvalue weighted by molar-refractivity contribution is 9.10. The first-order valence-corrected chi connectivity index (χ1v) is 9.53. The molecular weight excluding hydrogens is 406 g/mol. The Bertz CT molecular complexity index is 854. The van der Waals surface area contributed by atoms with Crippen molar-refractivity contribution >= 4 is 55.5 Å². The number of anilines is 1. The van der Waals surface area contributed by atoms with Crippen molar-refractivity contribution in [2.24, 2.45) is 0 Å². The first kappa shape index (κ1) is 17.1. The number of carbonyl (C=O) groups excluding carboxylic acids is 1. The number of aryl methyl sites for hydroxylation is 1. The lowest BCUT2D eigenvalue weighted by molar-refractivity contribution is 0.0977. The lowest BCUT2D eigenvalue weighted by atomic mass is 9.96. The van der Waals surface area contributed by atoms with E-state index in [0.29, 0.717) is 11.1 Å². The van der Waals surface area contributed by atoms with Crippen LogP contribution in [0.4, 0.5) is 5.00 Å². The minimum atomic E-state index is -0.284. The summed E-state index contributed by atoms with van der Waals surface area (Å²) < 4.78 is 0.826. The molecule has 1 aliphatic rings. The van der Waals surface area contributed by atoms with Gasteiger partial charge in [-0.1, -0.05) is 22.0 Å². The van der Waals surface area contributed by atoms with E-state index in [2.05, 4.69) is 32.6 Å². The summed E-state index contributed by atoms with van der Waals surface area (Å²) in [6.07, 6.45) is 4.21. The lowest BCUT2D eigenvalue weighted by Crippen LogP contribution is -2.34. The van der Waals surface area contributed by atoms with Crippen molar-refractivity contribution in [2.75, 3.05) is 5.32 Å². The number of hydrogen-bond donors (Lipinski definition) is 2. The molecule has 122 valence electrons. The van der Waals surface area contributed by atoms with Gasteiger partial charge in [0.1, 0.15) is 11.1 Å². The van der Waals surface area contributed by atoms with Gasteiger partial charge >= 0.3 is 0 Å². The van der Waals surface area contributed by atoms with Crippen LogP contribution in [0.3, 0.4) is 0 Å². The van der Waals surface area contributed by atoms with Crippen molar-refractivity contribution < 1.29 is 4.79 Å². The van der Waals surface area contributed by atoms with E-state index in [-0.39, 0.29) is 11.0 Å². The van der Waals surface area contributed by atoms with Gasteiger partial charge in [-0.25, -0.2) is 0 Å². The second kappa shape index (κ2) is 7.43. The van der Waals surface area contributed by atoms with Crippen LogP contribution in [0.1, 0.15) is 39.2 Å². The number of amides is 1. The number of nitrogens with one attached hydrogen (secondary N) is 2. The third kappa shape index (κ3) is 3.66. The van der Waals surface area contributed by atoms with Crippen LogP contribution in [0.15, 0.2) is 28.7 Å². The van der Waals surface area contributed by atoms with Crippen LogP contribution < -0.4 is 10.6 Å². The topological polar surface area (TPSA) is 64.9 Å². The number of thiocarbonyl (C=S) groups is 1. The van der Waals surface area contributed by atoms with E-state index in [1.807, 2.05) is 6.07 Å². The van der Waals surface area contributed by atoms with Crippen molar-refractivity contribution in [2.45, 2.75) is 25.7 Å².